The highest BCUT2D eigenvalue weighted by atomic mass is 32.2. The summed E-state index contributed by atoms with van der Waals surface area (Å²) < 4.78 is 14.6. The predicted molar refractivity (Wildman–Crippen MR) is 110 cm³/mol. The summed E-state index contributed by atoms with van der Waals surface area (Å²) in [5, 5.41) is 18.7. The van der Waals surface area contributed by atoms with E-state index < -0.39 is 9.93 Å². The van der Waals surface area contributed by atoms with Crippen LogP contribution in [0.15, 0.2) is 58.7 Å². The number of amidine groups is 1. The topological polar surface area (TPSA) is 87.1 Å². The van der Waals surface area contributed by atoms with E-state index in [0.717, 1.165) is 33.5 Å². The van der Waals surface area contributed by atoms with Crippen LogP contribution < -0.4 is 10.6 Å². The van der Waals surface area contributed by atoms with Gasteiger partial charge >= 0.3 is 0 Å². The normalized spacial score (nSPS) is 17.0. The Balaban J connectivity index is 1.68. The Morgan fingerprint density at radius 1 is 1.26 bits per heavy atom. The number of aromatic amines is 1. The van der Waals surface area contributed by atoms with Gasteiger partial charge in [0.1, 0.15) is 12.0 Å². The summed E-state index contributed by atoms with van der Waals surface area (Å²) in [6.07, 6.45) is 3.57. The molecule has 1 aliphatic heterocycles. The van der Waals surface area contributed by atoms with Gasteiger partial charge in [-0.1, -0.05) is 29.0 Å². The second kappa shape index (κ2) is 6.70. The van der Waals surface area contributed by atoms with Gasteiger partial charge in [-0.25, -0.2) is 4.68 Å². The van der Waals surface area contributed by atoms with Crippen molar-refractivity contribution in [2.45, 2.75) is 24.9 Å². The van der Waals surface area contributed by atoms with Crippen molar-refractivity contribution in [3.63, 3.8) is 0 Å². The van der Waals surface area contributed by atoms with Crippen LogP contribution in [0, 0.1) is 6.92 Å². The molecule has 0 aliphatic carbocycles. The Kier molecular flexibility index (Phi) is 4.35. The molecule has 0 amide bonds. The molecule has 8 heteroatoms. The smallest absolute Gasteiger partial charge is 0.156 e. The van der Waals surface area contributed by atoms with Crippen LogP contribution in [0.2, 0.25) is 0 Å². The Hall–Kier alpha value is -2.87. The maximum atomic E-state index is 12.8. The Morgan fingerprint density at radius 3 is 2.85 bits per heavy atom. The van der Waals surface area contributed by atoms with Crippen LogP contribution in [-0.4, -0.2) is 36.9 Å². The van der Waals surface area contributed by atoms with E-state index in [1.165, 1.54) is 0 Å². The van der Waals surface area contributed by atoms with Crippen LogP contribution in [0.4, 0.5) is 5.82 Å². The molecule has 1 atom stereocenters. The van der Waals surface area contributed by atoms with Crippen LogP contribution in [0.3, 0.4) is 0 Å². The van der Waals surface area contributed by atoms with Crippen LogP contribution in [0.25, 0.3) is 0 Å². The number of nitrogens with one attached hydrogen (secondary N) is 3. The third kappa shape index (κ3) is 3.40. The molecule has 27 heavy (non-hydrogen) atoms. The lowest BCUT2D eigenvalue weighted by molar-refractivity contribution is 0.617. The maximum Gasteiger partial charge on any atom is 0.156 e. The highest BCUT2D eigenvalue weighted by molar-refractivity contribution is 8.02. The van der Waals surface area contributed by atoms with Gasteiger partial charge < -0.3 is 10.6 Å². The second-order valence-electron chi connectivity index (χ2n) is 6.85. The predicted octanol–water partition coefficient (Wildman–Crippen LogP) is 2.47. The molecule has 0 fully saturated rings. The fourth-order valence-corrected chi connectivity index (χ4v) is 4.25. The molecule has 0 spiro atoms. The second-order valence-corrected chi connectivity index (χ2v) is 10.2. The zero-order valence-electron chi connectivity index (χ0n) is 15.6. The van der Waals surface area contributed by atoms with Gasteiger partial charge in [-0.05, 0) is 37.4 Å². The quantitative estimate of drug-likeness (QED) is 0.509. The third-order valence-electron chi connectivity index (χ3n) is 4.81. The molecule has 3 aromatic rings. The zero-order valence-corrected chi connectivity index (χ0v) is 16.5. The van der Waals surface area contributed by atoms with E-state index in [4.69, 9.17) is 0 Å². The molecule has 0 saturated carbocycles. The van der Waals surface area contributed by atoms with Crippen molar-refractivity contribution in [3.05, 3.63) is 65.6 Å². The first-order chi connectivity index (χ1) is 13.0. The van der Waals surface area contributed by atoms with Gasteiger partial charge in [-0.15, -0.1) is 0 Å². The molecule has 1 aliphatic rings. The van der Waals surface area contributed by atoms with Crippen LogP contribution >= 0.6 is 0 Å². The molecule has 0 radical (unpaired) electrons. The van der Waals surface area contributed by atoms with Crippen LogP contribution in [0.1, 0.15) is 30.0 Å². The lowest BCUT2D eigenvalue weighted by Crippen LogP contribution is -2.39. The highest BCUT2D eigenvalue weighted by Crippen LogP contribution is 2.23. The molecule has 2 aromatic heterocycles. The fraction of sp³-hybridized carbons (Fsp3) is 0.263. The number of aryl methyl sites for hydroxylation is 1. The van der Waals surface area contributed by atoms with E-state index >= 15 is 0 Å². The fourth-order valence-electron chi connectivity index (χ4n) is 3.07. The number of H-pyrrole nitrogens is 1. The summed E-state index contributed by atoms with van der Waals surface area (Å²) in [7, 11) is -2.34. The molecule has 0 saturated heterocycles. The van der Waals surface area contributed by atoms with E-state index in [9.17, 15) is 4.21 Å². The number of aromatic nitrogens is 3. The van der Waals surface area contributed by atoms with E-state index in [0.29, 0.717) is 5.75 Å². The summed E-state index contributed by atoms with van der Waals surface area (Å²) in [4.78, 5) is 0.873. The van der Waals surface area contributed by atoms with Crippen LogP contribution in [0.5, 0.6) is 0 Å². The van der Waals surface area contributed by atoms with Crippen molar-refractivity contribution < 1.29 is 4.21 Å². The first kappa shape index (κ1) is 17.5. The number of thiol groups is 1. The van der Waals surface area contributed by atoms with Gasteiger partial charge in [0, 0.05) is 34.2 Å². The number of rotatable bonds is 5. The molecule has 3 N–H and O–H groups in total. The summed E-state index contributed by atoms with van der Waals surface area (Å²) in [6, 6.07) is 13.7. The first-order valence-corrected chi connectivity index (χ1v) is 11.3. The maximum absolute atomic E-state index is 12.8. The van der Waals surface area contributed by atoms with E-state index in [2.05, 4.69) is 25.9 Å². The van der Waals surface area contributed by atoms with E-state index in [1.807, 2.05) is 73.4 Å². The van der Waals surface area contributed by atoms with E-state index in [1.54, 1.807) is 0 Å². The molecule has 142 valence electrons. The molecule has 1 unspecified atom stereocenters. The zero-order chi connectivity index (χ0) is 19.0. The van der Waals surface area contributed by atoms with Gasteiger partial charge in [0.05, 0.1) is 5.69 Å². The number of hydrogen-bond donors (Lipinski definition) is 4. The summed E-state index contributed by atoms with van der Waals surface area (Å²) in [6.45, 7) is 3.92. The molecular weight excluding hydrogens is 360 g/mol. The lowest BCUT2D eigenvalue weighted by Gasteiger charge is -2.27. The SMILES string of the molecule is CC[SH](C)(=O)c1cccc(C2=Nn3cccc3C(Nc3cc(C)[nH]n3)N2)c1. The Bertz CT molecular complexity index is 1050. The van der Waals surface area contributed by atoms with Crippen molar-refractivity contribution in [1.82, 2.24) is 20.2 Å². The Labute approximate surface area is 159 Å². The molecule has 1 aromatic carbocycles. The molecular formula is C19H24N6OS. The largest absolute Gasteiger partial charge is 0.344 e. The average Bonchev–Trinajstić information content (AvgIpc) is 3.30. The summed E-state index contributed by atoms with van der Waals surface area (Å²) in [5.41, 5.74) is 2.89. The molecule has 7 nitrogen and oxygen atoms in total. The van der Waals surface area contributed by atoms with Gasteiger partial charge in [0.15, 0.2) is 5.84 Å². The number of nitrogens with zero attached hydrogens (tertiary/aromatic N) is 3. The Morgan fingerprint density at radius 2 is 2.11 bits per heavy atom. The van der Waals surface area contributed by atoms with Crippen molar-refractivity contribution in [2.24, 2.45) is 5.10 Å². The highest BCUT2D eigenvalue weighted by Gasteiger charge is 2.24. The van der Waals surface area contributed by atoms with Gasteiger partial charge in [-0.2, -0.15) is 10.2 Å². The molecule has 3 heterocycles. The summed E-state index contributed by atoms with van der Waals surface area (Å²) in [5.74, 6) is 2.12. The van der Waals surface area contributed by atoms with E-state index in [-0.39, 0.29) is 6.17 Å². The number of hydrogen-bond acceptors (Lipinski definition) is 5. The monoisotopic (exact) mass is 384 g/mol. The standard InChI is InChI=1S/C19H24N6OS/c1-4-27(3,26)15-8-5-7-14(12-15)18-21-19(16-9-6-10-25(16)24-18)20-17-11-13(2)22-23-17/h5-12,19,27H,4H2,1-3H3,(H,21,24)(H2,20,22,23). The average molecular weight is 385 g/mol. The van der Waals surface area contributed by atoms with Crippen molar-refractivity contribution in [1.29, 1.82) is 0 Å². The number of anilines is 1. The molecule has 0 bridgehead atoms. The third-order valence-corrected chi connectivity index (χ3v) is 7.39. The van der Waals surface area contributed by atoms with Gasteiger partial charge in [-0.3, -0.25) is 9.31 Å². The number of fused-ring (bicyclic) bond motifs is 1. The van der Waals surface area contributed by atoms with Crippen molar-refractivity contribution in [2.75, 3.05) is 17.3 Å². The minimum absolute atomic E-state index is 0.182. The first-order valence-electron chi connectivity index (χ1n) is 8.95. The van der Waals surface area contributed by atoms with Crippen molar-refractivity contribution in [3.8, 4) is 0 Å². The van der Waals surface area contributed by atoms with Crippen LogP contribution in [-0.2, 0) is 9.93 Å². The minimum atomic E-state index is -2.34. The van der Waals surface area contributed by atoms with Gasteiger partial charge in [0.2, 0.25) is 0 Å². The molecule has 4 rings (SSSR count). The summed E-state index contributed by atoms with van der Waals surface area (Å²) >= 11 is 0. The van der Waals surface area contributed by atoms with Crippen molar-refractivity contribution >= 4 is 21.6 Å². The lowest BCUT2D eigenvalue weighted by atomic mass is 10.2. The van der Waals surface area contributed by atoms with Gasteiger partial charge in [0.25, 0.3) is 0 Å². The number of benzene rings is 1. The minimum Gasteiger partial charge on any atom is -0.344 e.